The smallest absolute Gasteiger partial charge is 0.200 e. The first-order chi connectivity index (χ1) is 15.4. The summed E-state index contributed by atoms with van der Waals surface area (Å²) in [5.74, 6) is 0.401. The molecule has 0 spiro atoms. The van der Waals surface area contributed by atoms with Crippen LogP contribution in [0.3, 0.4) is 0 Å². The number of carbonyl (C=O) groups is 1. The standard InChI is InChI=1S/C25H27ClN2O4/c1-3-27(4-2)11-12-32-19-8-5-16(6-9-19)17-13-22-24(23(29)14-17)25(30)20-15-18(26)7-10-21(20)28(22)31/h5-10,15,17,31H,3-4,11-14H2,1-2H3. The molecule has 1 atom stereocenters. The first kappa shape index (κ1) is 22.4. The molecule has 32 heavy (non-hydrogen) atoms. The minimum absolute atomic E-state index is 0.0647. The molecule has 1 aliphatic carbocycles. The fraction of sp³-hybridized carbons (Fsp3) is 0.360. The molecule has 7 heteroatoms. The van der Waals surface area contributed by atoms with Crippen molar-refractivity contribution in [1.29, 1.82) is 0 Å². The van der Waals surface area contributed by atoms with Gasteiger partial charge in [-0.3, -0.25) is 9.59 Å². The molecule has 168 valence electrons. The van der Waals surface area contributed by atoms with E-state index in [1.807, 2.05) is 24.3 Å². The van der Waals surface area contributed by atoms with E-state index in [1.165, 1.54) is 6.07 Å². The number of Topliss-reactive ketones (excluding diaryl/α,β-unsaturated/α-hetero) is 1. The molecule has 0 radical (unpaired) electrons. The normalized spacial score (nSPS) is 15.9. The molecule has 0 aliphatic heterocycles. The van der Waals surface area contributed by atoms with Crippen molar-refractivity contribution in [2.24, 2.45) is 0 Å². The number of aromatic nitrogens is 1. The number of ketones is 1. The highest BCUT2D eigenvalue weighted by molar-refractivity contribution is 6.31. The van der Waals surface area contributed by atoms with Crippen LogP contribution in [0.25, 0.3) is 10.9 Å². The largest absolute Gasteiger partial charge is 0.492 e. The monoisotopic (exact) mass is 454 g/mol. The van der Waals surface area contributed by atoms with Crippen LogP contribution < -0.4 is 10.2 Å². The Labute approximate surface area is 191 Å². The Bertz CT molecular complexity index is 1200. The van der Waals surface area contributed by atoms with Gasteiger partial charge in [-0.2, -0.15) is 4.73 Å². The van der Waals surface area contributed by atoms with Gasteiger partial charge in [-0.25, -0.2) is 0 Å². The van der Waals surface area contributed by atoms with E-state index < -0.39 is 0 Å². The van der Waals surface area contributed by atoms with Crippen LogP contribution in [-0.2, 0) is 6.42 Å². The van der Waals surface area contributed by atoms with Gasteiger partial charge in [-0.1, -0.05) is 37.6 Å². The first-order valence-corrected chi connectivity index (χ1v) is 11.3. The van der Waals surface area contributed by atoms with Crippen LogP contribution in [0, 0.1) is 0 Å². The summed E-state index contributed by atoms with van der Waals surface area (Å²) >= 11 is 6.01. The predicted molar refractivity (Wildman–Crippen MR) is 126 cm³/mol. The van der Waals surface area contributed by atoms with E-state index in [0.717, 1.165) is 35.7 Å². The minimum atomic E-state index is -0.372. The maximum Gasteiger partial charge on any atom is 0.200 e. The highest BCUT2D eigenvalue weighted by atomic mass is 35.5. The van der Waals surface area contributed by atoms with Gasteiger partial charge in [0.05, 0.1) is 22.2 Å². The Morgan fingerprint density at radius 1 is 1.09 bits per heavy atom. The van der Waals surface area contributed by atoms with Gasteiger partial charge in [-0.15, -0.1) is 0 Å². The molecule has 0 fully saturated rings. The Kier molecular flexibility index (Phi) is 6.53. The SMILES string of the molecule is CCN(CC)CCOc1ccc(C2CC(=O)c3c(n(O)c4ccc(Cl)cc4c3=O)C2)cc1. The fourth-order valence-corrected chi connectivity index (χ4v) is 4.58. The predicted octanol–water partition coefficient (Wildman–Crippen LogP) is 4.53. The van der Waals surface area contributed by atoms with Crippen molar-refractivity contribution in [3.05, 3.63) is 74.5 Å². The molecule has 1 unspecified atom stereocenters. The van der Waals surface area contributed by atoms with E-state index in [4.69, 9.17) is 16.3 Å². The Morgan fingerprint density at radius 2 is 1.81 bits per heavy atom. The summed E-state index contributed by atoms with van der Waals surface area (Å²) in [5, 5.41) is 11.4. The van der Waals surface area contributed by atoms with Gasteiger partial charge < -0.3 is 14.8 Å². The van der Waals surface area contributed by atoms with Gasteiger partial charge >= 0.3 is 0 Å². The summed E-state index contributed by atoms with van der Waals surface area (Å²) in [5.41, 5.74) is 1.37. The second-order valence-corrected chi connectivity index (χ2v) is 8.53. The van der Waals surface area contributed by atoms with Crippen molar-refractivity contribution >= 4 is 28.3 Å². The molecule has 0 saturated carbocycles. The van der Waals surface area contributed by atoms with E-state index in [0.29, 0.717) is 29.3 Å². The molecule has 0 bridgehead atoms. The van der Waals surface area contributed by atoms with E-state index >= 15 is 0 Å². The molecule has 1 aliphatic rings. The van der Waals surface area contributed by atoms with Crippen LogP contribution in [0.15, 0.2) is 47.3 Å². The molecule has 1 heterocycles. The molecule has 6 nitrogen and oxygen atoms in total. The zero-order valence-electron chi connectivity index (χ0n) is 18.3. The Morgan fingerprint density at radius 3 is 2.50 bits per heavy atom. The lowest BCUT2D eigenvalue weighted by molar-refractivity contribution is 0.0949. The number of likely N-dealkylation sites (N-methyl/N-ethyl adjacent to an activating group) is 1. The van der Waals surface area contributed by atoms with Crippen LogP contribution in [0.5, 0.6) is 5.75 Å². The van der Waals surface area contributed by atoms with Gasteiger partial charge in [0.2, 0.25) is 5.43 Å². The average Bonchev–Trinajstić information content (AvgIpc) is 2.80. The molecule has 4 rings (SSSR count). The lowest BCUT2D eigenvalue weighted by Gasteiger charge is -2.25. The van der Waals surface area contributed by atoms with Crippen molar-refractivity contribution in [3.8, 4) is 5.75 Å². The second-order valence-electron chi connectivity index (χ2n) is 8.10. The second kappa shape index (κ2) is 9.35. The lowest BCUT2D eigenvalue weighted by Crippen LogP contribution is -2.30. The molecule has 0 amide bonds. The van der Waals surface area contributed by atoms with Crippen LogP contribution in [0.2, 0.25) is 5.02 Å². The van der Waals surface area contributed by atoms with Crippen LogP contribution in [0.4, 0.5) is 0 Å². The summed E-state index contributed by atoms with van der Waals surface area (Å²) in [4.78, 5) is 28.2. The summed E-state index contributed by atoms with van der Waals surface area (Å²) < 4.78 is 6.82. The van der Waals surface area contributed by atoms with Crippen molar-refractivity contribution < 1.29 is 14.7 Å². The van der Waals surface area contributed by atoms with Crippen LogP contribution in [-0.4, -0.2) is 46.9 Å². The summed E-state index contributed by atoms with van der Waals surface area (Å²) in [6.45, 7) is 7.74. The molecular formula is C25H27ClN2O4. The van der Waals surface area contributed by atoms with E-state index in [2.05, 4.69) is 18.7 Å². The highest BCUT2D eigenvalue weighted by Gasteiger charge is 2.32. The van der Waals surface area contributed by atoms with E-state index in [9.17, 15) is 14.8 Å². The first-order valence-electron chi connectivity index (χ1n) is 11.0. The van der Waals surface area contributed by atoms with Gasteiger partial charge in [0, 0.05) is 18.0 Å². The van der Waals surface area contributed by atoms with Gasteiger partial charge in [0.15, 0.2) is 5.78 Å². The Hall–Kier alpha value is -2.83. The average molecular weight is 455 g/mol. The highest BCUT2D eigenvalue weighted by Crippen LogP contribution is 2.33. The fourth-order valence-electron chi connectivity index (χ4n) is 4.40. The molecule has 1 N–H and O–H groups in total. The number of fused-ring (bicyclic) bond motifs is 2. The van der Waals surface area contributed by atoms with Crippen molar-refractivity contribution in [2.75, 3.05) is 26.2 Å². The van der Waals surface area contributed by atoms with E-state index in [-0.39, 0.29) is 34.5 Å². The van der Waals surface area contributed by atoms with Gasteiger partial charge in [0.1, 0.15) is 12.4 Å². The van der Waals surface area contributed by atoms with Gasteiger partial charge in [0.25, 0.3) is 0 Å². The van der Waals surface area contributed by atoms with Crippen LogP contribution >= 0.6 is 11.6 Å². The number of hydrogen-bond acceptors (Lipinski definition) is 5. The number of halogens is 1. The van der Waals surface area contributed by atoms with Crippen molar-refractivity contribution in [2.45, 2.75) is 32.6 Å². The number of nitrogens with zero attached hydrogens (tertiary/aromatic N) is 2. The third-order valence-corrected chi connectivity index (χ3v) is 6.51. The zero-order chi connectivity index (χ0) is 22.8. The minimum Gasteiger partial charge on any atom is -0.492 e. The number of carbonyl (C=O) groups excluding carboxylic acids is 1. The zero-order valence-corrected chi connectivity index (χ0v) is 19.1. The van der Waals surface area contributed by atoms with Crippen LogP contribution in [0.1, 0.15) is 47.8 Å². The number of hydrogen-bond donors (Lipinski definition) is 1. The maximum atomic E-state index is 12.9. The van der Waals surface area contributed by atoms with Gasteiger partial charge in [-0.05, 0) is 61.3 Å². The summed E-state index contributed by atoms with van der Waals surface area (Å²) in [6.07, 6.45) is 0.615. The number of ether oxygens (including phenoxy) is 1. The topological polar surface area (TPSA) is 71.8 Å². The molecule has 2 aromatic carbocycles. The number of pyridine rings is 1. The number of benzene rings is 2. The quantitative estimate of drug-likeness (QED) is 0.531. The summed E-state index contributed by atoms with van der Waals surface area (Å²) in [6, 6.07) is 12.4. The maximum absolute atomic E-state index is 12.9. The Balaban J connectivity index is 1.56. The van der Waals surface area contributed by atoms with Crippen molar-refractivity contribution in [1.82, 2.24) is 9.63 Å². The molecule has 3 aromatic rings. The third-order valence-electron chi connectivity index (χ3n) is 6.28. The molecule has 0 saturated heterocycles. The number of rotatable bonds is 7. The molecular weight excluding hydrogens is 428 g/mol. The molecule has 1 aromatic heterocycles. The third kappa shape index (κ3) is 4.25. The summed E-state index contributed by atoms with van der Waals surface area (Å²) in [7, 11) is 0. The lowest BCUT2D eigenvalue weighted by atomic mass is 9.81. The van der Waals surface area contributed by atoms with Crippen molar-refractivity contribution in [3.63, 3.8) is 0 Å². The van der Waals surface area contributed by atoms with E-state index in [1.54, 1.807) is 12.1 Å².